The van der Waals surface area contributed by atoms with E-state index in [2.05, 4.69) is 17.2 Å². The molecule has 4 nitrogen and oxygen atoms in total. The number of hydrogen-bond donors (Lipinski definition) is 2. The van der Waals surface area contributed by atoms with Gasteiger partial charge in [0.25, 0.3) is 5.91 Å². The zero-order chi connectivity index (χ0) is 13.9. The molecular formula is C14H25Cl2N3OS. The molecule has 1 heterocycles. The van der Waals surface area contributed by atoms with Crippen LogP contribution in [-0.2, 0) is 6.42 Å². The SMILES string of the molecule is CCCc1nc(C)c(C(=O)NC2(CN)CCCC2)s1.Cl.Cl. The van der Waals surface area contributed by atoms with E-state index in [9.17, 15) is 4.79 Å². The van der Waals surface area contributed by atoms with Crippen LogP contribution in [0.3, 0.4) is 0 Å². The first-order chi connectivity index (χ1) is 9.10. The van der Waals surface area contributed by atoms with Gasteiger partial charge < -0.3 is 11.1 Å². The van der Waals surface area contributed by atoms with E-state index in [0.717, 1.165) is 54.1 Å². The minimum atomic E-state index is -0.182. The third-order valence-electron chi connectivity index (χ3n) is 3.84. The lowest BCUT2D eigenvalue weighted by atomic mass is 9.98. The van der Waals surface area contributed by atoms with Gasteiger partial charge in [0.05, 0.1) is 16.2 Å². The van der Waals surface area contributed by atoms with E-state index in [-0.39, 0.29) is 36.3 Å². The summed E-state index contributed by atoms with van der Waals surface area (Å²) in [5.74, 6) is 0.00435. The summed E-state index contributed by atoms with van der Waals surface area (Å²) in [6.07, 6.45) is 6.30. The molecule has 1 amide bonds. The average molecular weight is 354 g/mol. The van der Waals surface area contributed by atoms with Gasteiger partial charge in [-0.1, -0.05) is 19.8 Å². The number of rotatable bonds is 5. The largest absolute Gasteiger partial charge is 0.345 e. The van der Waals surface area contributed by atoms with Gasteiger partial charge in [-0.3, -0.25) is 4.79 Å². The van der Waals surface area contributed by atoms with Gasteiger partial charge in [0.2, 0.25) is 0 Å². The molecule has 0 radical (unpaired) electrons. The number of carbonyl (C=O) groups excluding carboxylic acids is 1. The fraction of sp³-hybridized carbons (Fsp3) is 0.714. The van der Waals surface area contributed by atoms with Gasteiger partial charge in [-0.25, -0.2) is 4.98 Å². The maximum Gasteiger partial charge on any atom is 0.263 e. The number of thiazole rings is 1. The zero-order valence-electron chi connectivity index (χ0n) is 12.6. The summed E-state index contributed by atoms with van der Waals surface area (Å²) in [5.41, 5.74) is 6.52. The predicted molar refractivity (Wildman–Crippen MR) is 93.1 cm³/mol. The van der Waals surface area contributed by atoms with Crippen molar-refractivity contribution in [3.63, 3.8) is 0 Å². The molecular weight excluding hydrogens is 329 g/mol. The molecule has 0 atom stereocenters. The highest BCUT2D eigenvalue weighted by atomic mass is 35.5. The van der Waals surface area contributed by atoms with Crippen molar-refractivity contribution in [2.45, 2.75) is 57.9 Å². The lowest BCUT2D eigenvalue weighted by Gasteiger charge is -2.28. The number of aromatic nitrogens is 1. The minimum absolute atomic E-state index is 0. The van der Waals surface area contributed by atoms with Crippen LogP contribution in [0.25, 0.3) is 0 Å². The molecule has 0 bridgehead atoms. The van der Waals surface area contributed by atoms with Crippen LogP contribution in [0.4, 0.5) is 0 Å². The Morgan fingerprint density at radius 1 is 1.38 bits per heavy atom. The van der Waals surface area contributed by atoms with E-state index in [1.54, 1.807) is 0 Å². The van der Waals surface area contributed by atoms with Crippen molar-refractivity contribution in [2.75, 3.05) is 6.54 Å². The summed E-state index contributed by atoms with van der Waals surface area (Å²) in [4.78, 5) is 17.6. The van der Waals surface area contributed by atoms with Crippen LogP contribution in [0.1, 0.15) is 59.4 Å². The topological polar surface area (TPSA) is 68.0 Å². The van der Waals surface area contributed by atoms with Gasteiger partial charge in [0.1, 0.15) is 4.88 Å². The Bertz CT molecular complexity index is 459. The van der Waals surface area contributed by atoms with Gasteiger partial charge in [0.15, 0.2) is 0 Å². The van der Waals surface area contributed by atoms with Gasteiger partial charge >= 0.3 is 0 Å². The molecule has 1 aromatic rings. The molecule has 1 saturated carbocycles. The first-order valence-electron chi connectivity index (χ1n) is 7.09. The van der Waals surface area contributed by atoms with E-state index < -0.39 is 0 Å². The Balaban J connectivity index is 0.00000200. The van der Waals surface area contributed by atoms with Crippen molar-refractivity contribution in [1.29, 1.82) is 0 Å². The van der Waals surface area contributed by atoms with E-state index in [1.165, 1.54) is 11.3 Å². The molecule has 1 aromatic heterocycles. The second kappa shape index (κ2) is 8.93. The molecule has 0 aromatic carbocycles. The molecule has 7 heteroatoms. The third kappa shape index (κ3) is 4.81. The van der Waals surface area contributed by atoms with Crippen molar-refractivity contribution < 1.29 is 4.79 Å². The predicted octanol–water partition coefficient (Wildman–Crippen LogP) is 3.25. The standard InChI is InChI=1S/C14H23N3OS.2ClH/c1-3-6-11-16-10(2)12(19-11)13(18)17-14(9-15)7-4-5-8-14;;/h3-9,15H2,1-2H3,(H,17,18);2*1H. The number of aryl methyl sites for hydroxylation is 2. The van der Waals surface area contributed by atoms with Crippen LogP contribution in [0.5, 0.6) is 0 Å². The molecule has 21 heavy (non-hydrogen) atoms. The van der Waals surface area contributed by atoms with Crippen LogP contribution < -0.4 is 11.1 Å². The third-order valence-corrected chi connectivity index (χ3v) is 5.06. The molecule has 1 aliphatic carbocycles. The van der Waals surface area contributed by atoms with Crippen molar-refractivity contribution >= 4 is 42.1 Å². The summed E-state index contributed by atoms with van der Waals surface area (Å²) in [5, 5.41) is 4.22. The smallest absolute Gasteiger partial charge is 0.263 e. The van der Waals surface area contributed by atoms with E-state index >= 15 is 0 Å². The number of halogens is 2. The van der Waals surface area contributed by atoms with Crippen molar-refractivity contribution in [3.05, 3.63) is 15.6 Å². The highest BCUT2D eigenvalue weighted by Crippen LogP contribution is 2.29. The van der Waals surface area contributed by atoms with Crippen LogP contribution in [0, 0.1) is 6.92 Å². The average Bonchev–Trinajstić information content (AvgIpc) is 2.97. The number of carbonyl (C=O) groups is 1. The summed E-state index contributed by atoms with van der Waals surface area (Å²) in [6, 6.07) is 0. The molecule has 0 saturated heterocycles. The van der Waals surface area contributed by atoms with Gasteiger partial charge in [0, 0.05) is 6.54 Å². The fourth-order valence-corrected chi connectivity index (χ4v) is 3.77. The Hall–Kier alpha value is -0.360. The van der Waals surface area contributed by atoms with E-state index in [0.29, 0.717) is 6.54 Å². The van der Waals surface area contributed by atoms with E-state index in [1.807, 2.05) is 6.92 Å². The maximum absolute atomic E-state index is 12.4. The number of nitrogens with two attached hydrogens (primary N) is 1. The molecule has 0 unspecified atom stereocenters. The monoisotopic (exact) mass is 353 g/mol. The first-order valence-corrected chi connectivity index (χ1v) is 7.91. The molecule has 122 valence electrons. The Labute approximate surface area is 143 Å². The molecule has 3 N–H and O–H groups in total. The van der Waals surface area contributed by atoms with Crippen LogP contribution in [0.2, 0.25) is 0 Å². The molecule has 1 aliphatic rings. The van der Waals surface area contributed by atoms with Crippen LogP contribution in [0.15, 0.2) is 0 Å². The summed E-state index contributed by atoms with van der Waals surface area (Å²) in [6.45, 7) is 4.56. The van der Waals surface area contributed by atoms with Crippen molar-refractivity contribution in [2.24, 2.45) is 5.73 Å². The number of hydrogen-bond acceptors (Lipinski definition) is 4. The molecule has 0 aliphatic heterocycles. The Morgan fingerprint density at radius 3 is 2.52 bits per heavy atom. The van der Waals surface area contributed by atoms with Crippen LogP contribution >= 0.6 is 36.2 Å². The molecule has 1 fully saturated rings. The second-order valence-electron chi connectivity index (χ2n) is 5.42. The number of amides is 1. The lowest BCUT2D eigenvalue weighted by Crippen LogP contribution is -2.51. The Morgan fingerprint density at radius 2 is 2.00 bits per heavy atom. The second-order valence-corrected chi connectivity index (χ2v) is 6.50. The zero-order valence-corrected chi connectivity index (χ0v) is 15.1. The molecule has 2 rings (SSSR count). The number of nitrogens with zero attached hydrogens (tertiary/aromatic N) is 1. The van der Waals surface area contributed by atoms with Crippen molar-refractivity contribution in [3.8, 4) is 0 Å². The Kier molecular flexibility index (Phi) is 8.78. The van der Waals surface area contributed by atoms with Gasteiger partial charge in [-0.05, 0) is 32.6 Å². The summed E-state index contributed by atoms with van der Waals surface area (Å²) >= 11 is 1.52. The minimum Gasteiger partial charge on any atom is -0.345 e. The maximum atomic E-state index is 12.4. The molecule has 0 spiro atoms. The fourth-order valence-electron chi connectivity index (χ4n) is 2.71. The summed E-state index contributed by atoms with van der Waals surface area (Å²) < 4.78 is 0. The van der Waals surface area contributed by atoms with Gasteiger partial charge in [-0.2, -0.15) is 0 Å². The lowest BCUT2D eigenvalue weighted by molar-refractivity contribution is 0.0906. The van der Waals surface area contributed by atoms with Crippen molar-refractivity contribution in [1.82, 2.24) is 10.3 Å². The highest BCUT2D eigenvalue weighted by Gasteiger charge is 2.34. The highest BCUT2D eigenvalue weighted by molar-refractivity contribution is 7.13. The first kappa shape index (κ1) is 20.6. The number of nitrogens with one attached hydrogen (secondary N) is 1. The normalized spacial score (nSPS) is 16.0. The summed E-state index contributed by atoms with van der Waals surface area (Å²) in [7, 11) is 0. The van der Waals surface area contributed by atoms with E-state index in [4.69, 9.17) is 5.73 Å². The van der Waals surface area contributed by atoms with Gasteiger partial charge in [-0.15, -0.1) is 36.2 Å². The quantitative estimate of drug-likeness (QED) is 0.853. The van der Waals surface area contributed by atoms with Crippen LogP contribution in [-0.4, -0.2) is 23.0 Å².